The van der Waals surface area contributed by atoms with Crippen molar-refractivity contribution < 1.29 is 23.8 Å². The van der Waals surface area contributed by atoms with Crippen molar-refractivity contribution in [2.24, 2.45) is 0 Å². The van der Waals surface area contributed by atoms with Gasteiger partial charge in [0, 0.05) is 11.9 Å². The molecule has 2 aromatic carbocycles. The van der Waals surface area contributed by atoms with E-state index in [-0.39, 0.29) is 16.9 Å². The van der Waals surface area contributed by atoms with E-state index in [1.165, 1.54) is 24.1 Å². The summed E-state index contributed by atoms with van der Waals surface area (Å²) < 4.78 is 19.3. The van der Waals surface area contributed by atoms with Crippen LogP contribution in [-0.4, -0.2) is 28.9 Å². The smallest absolute Gasteiger partial charge is 0.300 e. The molecule has 1 aliphatic rings. The minimum atomic E-state index is -0.990. The van der Waals surface area contributed by atoms with Gasteiger partial charge in [-0.2, -0.15) is 0 Å². The summed E-state index contributed by atoms with van der Waals surface area (Å²) in [6, 6.07) is 15.2. The van der Waals surface area contributed by atoms with Crippen LogP contribution in [0.3, 0.4) is 0 Å². The predicted molar refractivity (Wildman–Crippen MR) is 127 cm³/mol. The Hall–Kier alpha value is -4.00. The second-order valence-corrected chi connectivity index (χ2v) is 8.04. The van der Waals surface area contributed by atoms with Gasteiger partial charge in [0.2, 0.25) is 0 Å². The molecule has 1 atom stereocenters. The van der Waals surface area contributed by atoms with Crippen molar-refractivity contribution in [2.75, 3.05) is 12.0 Å². The SMILES string of the molecule is CCCCc1ccc(N2C(=O)C(=O)/C(=C(/O)c3cc(F)ccc3OC)C2c2ccccn2)cc1. The Morgan fingerprint density at radius 2 is 1.88 bits per heavy atom. The van der Waals surface area contributed by atoms with Gasteiger partial charge in [-0.3, -0.25) is 19.5 Å². The zero-order chi connectivity index (χ0) is 24.2. The number of amides is 1. The standard InChI is InChI=1S/C27H25FN2O4/c1-3-4-7-17-9-12-19(13-10-17)30-24(21-8-5-6-15-29-21)23(26(32)27(30)33)25(31)20-16-18(28)11-14-22(20)34-2/h5-6,8-16,24,31H,3-4,7H2,1-2H3/b25-23+. The number of methoxy groups -OCH3 is 1. The number of ether oxygens (including phenoxy) is 1. The van der Waals surface area contributed by atoms with Gasteiger partial charge in [0.25, 0.3) is 11.7 Å². The zero-order valence-corrected chi connectivity index (χ0v) is 19.0. The second kappa shape index (κ2) is 9.87. The summed E-state index contributed by atoms with van der Waals surface area (Å²) in [6.07, 6.45) is 4.58. The lowest BCUT2D eigenvalue weighted by atomic mass is 9.97. The van der Waals surface area contributed by atoms with E-state index in [0.29, 0.717) is 11.4 Å². The second-order valence-electron chi connectivity index (χ2n) is 8.04. The number of hydrogen-bond acceptors (Lipinski definition) is 5. The molecule has 2 heterocycles. The minimum absolute atomic E-state index is 0.0173. The van der Waals surface area contributed by atoms with Gasteiger partial charge < -0.3 is 9.84 Å². The maximum absolute atomic E-state index is 14.0. The number of carbonyl (C=O) groups is 2. The largest absolute Gasteiger partial charge is 0.507 e. The molecule has 1 N–H and O–H groups in total. The highest BCUT2D eigenvalue weighted by atomic mass is 19.1. The van der Waals surface area contributed by atoms with E-state index in [9.17, 15) is 19.1 Å². The fraction of sp³-hybridized carbons (Fsp3) is 0.222. The lowest BCUT2D eigenvalue weighted by Crippen LogP contribution is -2.29. The molecule has 1 aromatic heterocycles. The molecule has 6 nitrogen and oxygen atoms in total. The summed E-state index contributed by atoms with van der Waals surface area (Å²) >= 11 is 0. The molecule has 1 aliphatic heterocycles. The van der Waals surface area contributed by atoms with Crippen molar-refractivity contribution in [1.82, 2.24) is 4.98 Å². The number of aliphatic hydroxyl groups excluding tert-OH is 1. The zero-order valence-electron chi connectivity index (χ0n) is 19.0. The molecule has 0 aliphatic carbocycles. The van der Waals surface area contributed by atoms with E-state index in [4.69, 9.17) is 4.74 Å². The van der Waals surface area contributed by atoms with Gasteiger partial charge in [-0.05, 0) is 60.9 Å². The van der Waals surface area contributed by atoms with Crippen LogP contribution in [0.5, 0.6) is 5.75 Å². The average Bonchev–Trinajstić information content (AvgIpc) is 3.13. The molecule has 0 radical (unpaired) electrons. The van der Waals surface area contributed by atoms with E-state index in [2.05, 4.69) is 11.9 Å². The molecular weight excluding hydrogens is 435 g/mol. The van der Waals surface area contributed by atoms with Crippen LogP contribution in [0, 0.1) is 5.82 Å². The third-order valence-corrected chi connectivity index (χ3v) is 5.86. The van der Waals surface area contributed by atoms with E-state index < -0.39 is 29.3 Å². The number of rotatable bonds is 7. The molecular formula is C27H25FN2O4. The van der Waals surface area contributed by atoms with Gasteiger partial charge in [-0.1, -0.05) is 31.5 Å². The quantitative estimate of drug-likeness (QED) is 0.298. The molecule has 7 heteroatoms. The van der Waals surface area contributed by atoms with Crippen molar-refractivity contribution in [3.8, 4) is 5.75 Å². The molecule has 0 spiro atoms. The fourth-order valence-electron chi connectivity index (χ4n) is 4.13. The van der Waals surface area contributed by atoms with Crippen LogP contribution >= 0.6 is 0 Å². The molecule has 1 saturated heterocycles. The van der Waals surface area contributed by atoms with Gasteiger partial charge >= 0.3 is 0 Å². The molecule has 3 aromatic rings. The Morgan fingerprint density at radius 1 is 1.12 bits per heavy atom. The lowest BCUT2D eigenvalue weighted by molar-refractivity contribution is -0.132. The summed E-state index contributed by atoms with van der Waals surface area (Å²) in [5, 5.41) is 11.2. The Labute approximate surface area is 197 Å². The van der Waals surface area contributed by atoms with Crippen molar-refractivity contribution >= 4 is 23.1 Å². The molecule has 0 bridgehead atoms. The van der Waals surface area contributed by atoms with E-state index in [1.807, 2.05) is 12.1 Å². The number of aliphatic hydroxyl groups is 1. The van der Waals surface area contributed by atoms with Gasteiger partial charge in [0.1, 0.15) is 23.4 Å². The number of halogens is 1. The van der Waals surface area contributed by atoms with E-state index >= 15 is 0 Å². The van der Waals surface area contributed by atoms with Crippen molar-refractivity contribution in [3.05, 3.63) is 95.1 Å². The number of benzene rings is 2. The number of hydrogen-bond donors (Lipinski definition) is 1. The molecule has 174 valence electrons. The monoisotopic (exact) mass is 460 g/mol. The first kappa shape index (κ1) is 23.2. The molecule has 1 unspecified atom stereocenters. The topological polar surface area (TPSA) is 79.7 Å². The molecule has 1 amide bonds. The maximum atomic E-state index is 14.0. The van der Waals surface area contributed by atoms with Crippen LogP contribution in [0.25, 0.3) is 5.76 Å². The Bertz CT molecular complexity index is 1240. The first-order valence-electron chi connectivity index (χ1n) is 11.1. The molecule has 34 heavy (non-hydrogen) atoms. The number of ketones is 1. The fourth-order valence-corrected chi connectivity index (χ4v) is 4.13. The highest BCUT2D eigenvalue weighted by molar-refractivity contribution is 6.51. The van der Waals surface area contributed by atoms with Crippen LogP contribution in [-0.2, 0) is 16.0 Å². The highest BCUT2D eigenvalue weighted by Gasteiger charge is 2.47. The highest BCUT2D eigenvalue weighted by Crippen LogP contribution is 2.42. The third kappa shape index (κ3) is 4.29. The number of anilines is 1. The number of nitrogens with zero attached hydrogens (tertiary/aromatic N) is 2. The van der Waals surface area contributed by atoms with Crippen LogP contribution in [0.2, 0.25) is 0 Å². The Balaban J connectivity index is 1.88. The number of carbonyl (C=O) groups excluding carboxylic acids is 2. The van der Waals surface area contributed by atoms with Gasteiger partial charge in [-0.25, -0.2) is 4.39 Å². The summed E-state index contributed by atoms with van der Waals surface area (Å²) in [5.74, 6) is -2.64. The maximum Gasteiger partial charge on any atom is 0.300 e. The van der Waals surface area contributed by atoms with Gasteiger partial charge in [-0.15, -0.1) is 0 Å². The van der Waals surface area contributed by atoms with Crippen LogP contribution in [0.4, 0.5) is 10.1 Å². The minimum Gasteiger partial charge on any atom is -0.507 e. The number of pyridine rings is 1. The Kier molecular flexibility index (Phi) is 6.72. The first-order chi connectivity index (χ1) is 16.5. The number of aryl methyl sites for hydroxylation is 1. The van der Waals surface area contributed by atoms with E-state index in [0.717, 1.165) is 30.9 Å². The Morgan fingerprint density at radius 3 is 2.53 bits per heavy atom. The summed E-state index contributed by atoms with van der Waals surface area (Å²) in [7, 11) is 1.37. The predicted octanol–water partition coefficient (Wildman–Crippen LogP) is 5.20. The molecule has 0 saturated carbocycles. The summed E-state index contributed by atoms with van der Waals surface area (Å²) in [4.78, 5) is 32.1. The number of aromatic nitrogens is 1. The van der Waals surface area contributed by atoms with Crippen LogP contribution in [0.1, 0.15) is 42.6 Å². The normalized spacial score (nSPS) is 17.3. The van der Waals surface area contributed by atoms with Crippen LogP contribution < -0.4 is 9.64 Å². The summed E-state index contributed by atoms with van der Waals surface area (Å²) in [6.45, 7) is 2.12. The van der Waals surface area contributed by atoms with Gasteiger partial charge in [0.05, 0.1) is 23.9 Å². The van der Waals surface area contributed by atoms with Crippen LogP contribution in [0.15, 0.2) is 72.4 Å². The first-order valence-corrected chi connectivity index (χ1v) is 11.1. The molecule has 4 rings (SSSR count). The van der Waals surface area contributed by atoms with Gasteiger partial charge in [0.15, 0.2) is 0 Å². The number of unbranched alkanes of at least 4 members (excludes halogenated alkanes) is 1. The van der Waals surface area contributed by atoms with Crippen molar-refractivity contribution in [2.45, 2.75) is 32.2 Å². The molecule has 1 fully saturated rings. The average molecular weight is 461 g/mol. The number of Topliss-reactive ketones (excluding diaryl/α,β-unsaturated/α-hetero) is 1. The van der Waals surface area contributed by atoms with Crippen molar-refractivity contribution in [1.29, 1.82) is 0 Å². The van der Waals surface area contributed by atoms with E-state index in [1.54, 1.807) is 36.5 Å². The lowest BCUT2D eigenvalue weighted by Gasteiger charge is -2.25. The third-order valence-electron chi connectivity index (χ3n) is 5.86. The summed E-state index contributed by atoms with van der Waals surface area (Å²) in [5.41, 5.74) is 1.83. The van der Waals surface area contributed by atoms with Crippen molar-refractivity contribution in [3.63, 3.8) is 0 Å².